The number of halogens is 4. The van der Waals surface area contributed by atoms with Crippen molar-refractivity contribution in [3.63, 3.8) is 0 Å². The summed E-state index contributed by atoms with van der Waals surface area (Å²) in [5.74, 6) is -1.16. The number of alkyl halides is 3. The van der Waals surface area contributed by atoms with Gasteiger partial charge in [-0.25, -0.2) is 4.68 Å². The monoisotopic (exact) mass is 636 g/mol. The molecule has 0 atom stereocenters. The van der Waals surface area contributed by atoms with Crippen LogP contribution in [0.2, 0.25) is 5.02 Å². The predicted molar refractivity (Wildman–Crippen MR) is 155 cm³/mol. The minimum absolute atomic E-state index is 0.125. The number of hydrogen-bond acceptors (Lipinski definition) is 10. The lowest BCUT2D eigenvalue weighted by atomic mass is 10.2. The molecule has 0 radical (unpaired) electrons. The number of nitrogens with zero attached hydrogens (tertiary/aromatic N) is 8. The highest BCUT2D eigenvalue weighted by atomic mass is 35.5. The molecule has 1 aromatic carbocycles. The summed E-state index contributed by atoms with van der Waals surface area (Å²) in [5.41, 5.74) is -0.0858. The number of benzene rings is 1. The molecule has 17 heteroatoms. The van der Waals surface area contributed by atoms with Crippen LogP contribution in [0, 0.1) is 0 Å². The van der Waals surface area contributed by atoms with Gasteiger partial charge >= 0.3 is 6.18 Å². The van der Waals surface area contributed by atoms with E-state index in [1.807, 2.05) is 7.05 Å². The molecule has 0 aliphatic carbocycles. The minimum atomic E-state index is -4.81. The van der Waals surface area contributed by atoms with E-state index >= 15 is 0 Å². The van der Waals surface area contributed by atoms with Crippen molar-refractivity contribution in [3.8, 4) is 5.69 Å². The fourth-order valence-electron chi connectivity index (χ4n) is 4.86. The molecular weight excluding hydrogens is 605 g/mol. The molecule has 0 unspecified atom stereocenters. The van der Waals surface area contributed by atoms with E-state index in [0.29, 0.717) is 49.9 Å². The molecule has 2 aliphatic rings. The third kappa shape index (κ3) is 7.80. The normalized spacial score (nSPS) is 16.6. The van der Waals surface area contributed by atoms with Crippen molar-refractivity contribution in [3.05, 3.63) is 52.6 Å². The highest BCUT2D eigenvalue weighted by molar-refractivity contribution is 6.31. The summed E-state index contributed by atoms with van der Waals surface area (Å²) >= 11 is 5.76. The number of rotatable bonds is 9. The molecule has 2 aliphatic heterocycles. The van der Waals surface area contributed by atoms with Gasteiger partial charge in [0.15, 0.2) is 17.1 Å². The van der Waals surface area contributed by atoms with Crippen molar-refractivity contribution < 1.29 is 27.5 Å². The van der Waals surface area contributed by atoms with E-state index in [1.54, 1.807) is 18.2 Å². The van der Waals surface area contributed by atoms with Crippen LogP contribution in [0.1, 0.15) is 33.1 Å². The van der Waals surface area contributed by atoms with E-state index in [9.17, 15) is 22.8 Å². The molecule has 2 saturated heterocycles. The first kappa shape index (κ1) is 31.6. The SMILES string of the molecule is CN1CCN(c2ccc(-n3cc(C(=O)NCCCN4CCOCC4)nn3)cc2NC(=O)c2cc(Cl)c(C(F)(F)F)nn2)CC1. The van der Waals surface area contributed by atoms with Crippen molar-refractivity contribution in [2.45, 2.75) is 12.6 Å². The van der Waals surface area contributed by atoms with Crippen molar-refractivity contribution in [2.24, 2.45) is 0 Å². The first-order valence-electron chi connectivity index (χ1n) is 14.1. The maximum atomic E-state index is 13.1. The fraction of sp³-hybridized carbons (Fsp3) is 0.481. The highest BCUT2D eigenvalue weighted by Gasteiger charge is 2.36. The summed E-state index contributed by atoms with van der Waals surface area (Å²) in [7, 11) is 2.01. The second kappa shape index (κ2) is 13.8. The Kier molecular flexibility index (Phi) is 9.93. The van der Waals surface area contributed by atoms with Gasteiger partial charge in [0.1, 0.15) is 0 Å². The standard InChI is InChI=1S/C27H32ClF3N10O3/c1-38-7-9-40(10-8-38)23-4-3-18(15-20(23)33-26(43)21-16-19(28)24(36-34-21)27(29,30)31)41-17-22(35-37-41)25(42)32-5-2-6-39-11-13-44-14-12-39/h3-4,15-17H,2,5-14H2,1H3,(H,32,42)(H,33,43). The zero-order chi connectivity index (χ0) is 31.3. The highest BCUT2D eigenvalue weighted by Crippen LogP contribution is 2.33. The fourth-order valence-corrected chi connectivity index (χ4v) is 5.11. The van der Waals surface area contributed by atoms with Crippen LogP contribution in [0.4, 0.5) is 24.5 Å². The number of morpholine rings is 1. The van der Waals surface area contributed by atoms with Gasteiger partial charge in [-0.3, -0.25) is 14.5 Å². The van der Waals surface area contributed by atoms with Gasteiger partial charge in [0, 0.05) is 45.8 Å². The molecule has 0 spiro atoms. The minimum Gasteiger partial charge on any atom is -0.379 e. The van der Waals surface area contributed by atoms with Gasteiger partial charge in [0.2, 0.25) is 0 Å². The number of nitrogens with one attached hydrogen (secondary N) is 2. The molecule has 13 nitrogen and oxygen atoms in total. The lowest BCUT2D eigenvalue weighted by molar-refractivity contribution is -0.141. The molecule has 0 saturated carbocycles. The van der Waals surface area contributed by atoms with Crippen molar-refractivity contribution in [1.82, 2.24) is 40.3 Å². The van der Waals surface area contributed by atoms with Crippen LogP contribution in [0.5, 0.6) is 0 Å². The smallest absolute Gasteiger partial charge is 0.379 e. The molecule has 3 aromatic rings. The van der Waals surface area contributed by atoms with Crippen molar-refractivity contribution in [2.75, 3.05) is 82.8 Å². The Morgan fingerprint density at radius 2 is 1.73 bits per heavy atom. The summed E-state index contributed by atoms with van der Waals surface area (Å²) in [6, 6.07) is 6.05. The Bertz CT molecular complexity index is 1470. The first-order chi connectivity index (χ1) is 21.1. The summed E-state index contributed by atoms with van der Waals surface area (Å²) in [4.78, 5) is 32.3. The Morgan fingerprint density at radius 3 is 2.43 bits per heavy atom. The molecule has 2 aromatic heterocycles. The van der Waals surface area contributed by atoms with Gasteiger partial charge in [-0.05, 0) is 44.3 Å². The molecule has 2 amide bonds. The molecule has 236 valence electrons. The van der Waals surface area contributed by atoms with Crippen LogP contribution < -0.4 is 15.5 Å². The summed E-state index contributed by atoms with van der Waals surface area (Å²) in [5, 5.41) is 19.5. The van der Waals surface area contributed by atoms with Gasteiger partial charge in [0.25, 0.3) is 11.8 Å². The van der Waals surface area contributed by atoms with E-state index in [-0.39, 0.29) is 17.3 Å². The Morgan fingerprint density at radius 1 is 0.977 bits per heavy atom. The molecule has 2 fully saturated rings. The van der Waals surface area contributed by atoms with Crippen LogP contribution in [0.15, 0.2) is 30.5 Å². The Hall–Kier alpha value is -3.86. The van der Waals surface area contributed by atoms with Crippen LogP contribution in [-0.2, 0) is 10.9 Å². The van der Waals surface area contributed by atoms with Gasteiger partial charge in [0.05, 0.1) is 41.5 Å². The van der Waals surface area contributed by atoms with Crippen molar-refractivity contribution >= 4 is 34.8 Å². The zero-order valence-corrected chi connectivity index (χ0v) is 24.7. The second-order valence-electron chi connectivity index (χ2n) is 10.5. The summed E-state index contributed by atoms with van der Waals surface area (Å²) in [6.45, 7) is 7.49. The van der Waals surface area contributed by atoms with Crippen LogP contribution in [0.3, 0.4) is 0 Å². The molecule has 0 bridgehead atoms. The third-order valence-electron chi connectivity index (χ3n) is 7.35. The van der Waals surface area contributed by atoms with Crippen LogP contribution in [-0.4, -0.2) is 119 Å². The Labute approximate surface area is 256 Å². The number of anilines is 2. The number of carbonyl (C=O) groups excluding carboxylic acids is 2. The molecule has 5 rings (SSSR count). The number of ether oxygens (including phenoxy) is 1. The van der Waals surface area contributed by atoms with Gasteiger partial charge in [-0.1, -0.05) is 16.8 Å². The number of piperazine rings is 1. The van der Waals surface area contributed by atoms with Gasteiger partial charge in [-0.15, -0.1) is 15.3 Å². The van der Waals surface area contributed by atoms with Gasteiger partial charge in [-0.2, -0.15) is 13.2 Å². The lowest BCUT2D eigenvalue weighted by Gasteiger charge is -2.35. The second-order valence-corrected chi connectivity index (χ2v) is 10.9. The number of hydrogen-bond donors (Lipinski definition) is 2. The zero-order valence-electron chi connectivity index (χ0n) is 24.0. The third-order valence-corrected chi connectivity index (χ3v) is 7.64. The largest absolute Gasteiger partial charge is 0.436 e. The number of amides is 2. The van der Waals surface area contributed by atoms with Crippen molar-refractivity contribution in [1.29, 1.82) is 0 Å². The lowest BCUT2D eigenvalue weighted by Crippen LogP contribution is -2.44. The molecular formula is C27H32ClF3N10O3. The molecule has 44 heavy (non-hydrogen) atoms. The topological polar surface area (TPSA) is 134 Å². The maximum Gasteiger partial charge on any atom is 0.436 e. The number of likely N-dealkylation sites (N-methyl/N-ethyl adjacent to an activating group) is 1. The quantitative estimate of drug-likeness (QED) is 0.337. The average Bonchev–Trinajstić information content (AvgIpc) is 3.50. The van der Waals surface area contributed by atoms with Crippen LogP contribution >= 0.6 is 11.6 Å². The first-order valence-corrected chi connectivity index (χ1v) is 14.5. The van der Waals surface area contributed by atoms with E-state index in [4.69, 9.17) is 16.3 Å². The average molecular weight is 637 g/mol. The van der Waals surface area contributed by atoms with Crippen LogP contribution in [0.25, 0.3) is 5.69 Å². The summed E-state index contributed by atoms with van der Waals surface area (Å²) in [6.07, 6.45) is -2.54. The molecule has 4 heterocycles. The Balaban J connectivity index is 1.31. The van der Waals surface area contributed by atoms with E-state index in [0.717, 1.165) is 45.2 Å². The summed E-state index contributed by atoms with van der Waals surface area (Å²) < 4.78 is 46.0. The molecule has 2 N–H and O–H groups in total. The predicted octanol–water partition coefficient (Wildman–Crippen LogP) is 2.19. The maximum absolute atomic E-state index is 13.1. The van der Waals surface area contributed by atoms with E-state index < -0.39 is 22.8 Å². The number of aromatic nitrogens is 5. The van der Waals surface area contributed by atoms with E-state index in [2.05, 4.69) is 45.8 Å². The number of carbonyl (C=O) groups is 2. The van der Waals surface area contributed by atoms with Gasteiger partial charge < -0.3 is 25.2 Å². The van der Waals surface area contributed by atoms with E-state index in [1.165, 1.54) is 10.9 Å².